The van der Waals surface area contributed by atoms with Gasteiger partial charge in [-0.2, -0.15) is 0 Å². The first-order chi connectivity index (χ1) is 14.5. The number of hydrogen-bond donors (Lipinski definition) is 1. The van der Waals surface area contributed by atoms with Crippen LogP contribution >= 0.6 is 0 Å². The van der Waals surface area contributed by atoms with Gasteiger partial charge >= 0.3 is 0 Å². The first kappa shape index (κ1) is 20.3. The van der Waals surface area contributed by atoms with E-state index in [2.05, 4.69) is 22.1 Å². The van der Waals surface area contributed by atoms with Crippen molar-refractivity contribution in [3.8, 4) is 11.3 Å². The fourth-order valence-corrected chi connectivity index (χ4v) is 4.15. The molecule has 1 atom stereocenters. The molecule has 1 N–H and O–H groups in total. The van der Waals surface area contributed by atoms with E-state index in [1.165, 1.54) is 19.3 Å². The van der Waals surface area contributed by atoms with Gasteiger partial charge in [0.1, 0.15) is 5.69 Å². The first-order valence-corrected chi connectivity index (χ1v) is 10.6. The highest BCUT2D eigenvalue weighted by Crippen LogP contribution is 2.18. The number of aromatic nitrogens is 2. The number of benzene rings is 2. The van der Waals surface area contributed by atoms with Gasteiger partial charge in [0.15, 0.2) is 0 Å². The molecule has 0 aliphatic carbocycles. The number of piperidine rings is 1. The summed E-state index contributed by atoms with van der Waals surface area (Å²) in [6, 6.07) is 15.3. The fourth-order valence-electron chi connectivity index (χ4n) is 4.15. The molecule has 1 fully saturated rings. The SMILES string of the molecule is C[C@@H]1CCCCN1CCNC(=O)c1ccc(-c2nc3ccccc3n(C)c2=O)cc1. The average Bonchev–Trinajstić information content (AvgIpc) is 2.77. The highest BCUT2D eigenvalue weighted by molar-refractivity contribution is 5.94. The maximum absolute atomic E-state index is 12.7. The van der Waals surface area contributed by atoms with Gasteiger partial charge in [-0.15, -0.1) is 0 Å². The van der Waals surface area contributed by atoms with Crippen molar-refractivity contribution in [1.29, 1.82) is 0 Å². The van der Waals surface area contributed by atoms with Crippen molar-refractivity contribution in [2.24, 2.45) is 7.05 Å². The molecule has 0 radical (unpaired) electrons. The molecule has 6 heteroatoms. The Balaban J connectivity index is 1.45. The lowest BCUT2D eigenvalue weighted by Gasteiger charge is -2.33. The number of fused-ring (bicyclic) bond motifs is 1. The minimum absolute atomic E-state index is 0.0921. The summed E-state index contributed by atoms with van der Waals surface area (Å²) in [6.45, 7) is 4.88. The molecule has 0 saturated carbocycles. The molecule has 1 aliphatic heterocycles. The van der Waals surface area contributed by atoms with Crippen LogP contribution in [0.15, 0.2) is 53.3 Å². The minimum atomic E-state index is -0.151. The highest BCUT2D eigenvalue weighted by atomic mass is 16.1. The van der Waals surface area contributed by atoms with Crippen LogP contribution in [0.2, 0.25) is 0 Å². The minimum Gasteiger partial charge on any atom is -0.351 e. The van der Waals surface area contributed by atoms with Crippen LogP contribution in [0.5, 0.6) is 0 Å². The van der Waals surface area contributed by atoms with Gasteiger partial charge in [-0.3, -0.25) is 14.5 Å². The Kier molecular flexibility index (Phi) is 5.95. The van der Waals surface area contributed by atoms with Crippen LogP contribution in [0.25, 0.3) is 22.3 Å². The number of nitrogens with one attached hydrogen (secondary N) is 1. The second-order valence-corrected chi connectivity index (χ2v) is 8.03. The molecule has 156 valence electrons. The predicted octanol–water partition coefficient (Wildman–Crippen LogP) is 3.20. The summed E-state index contributed by atoms with van der Waals surface area (Å²) in [5.74, 6) is -0.0921. The second-order valence-electron chi connectivity index (χ2n) is 8.03. The van der Waals surface area contributed by atoms with Crippen LogP contribution in [0.3, 0.4) is 0 Å². The van der Waals surface area contributed by atoms with Crippen molar-refractivity contribution in [1.82, 2.24) is 19.8 Å². The number of para-hydroxylation sites is 2. The molecule has 30 heavy (non-hydrogen) atoms. The Morgan fingerprint density at radius 1 is 1.13 bits per heavy atom. The molecule has 0 unspecified atom stereocenters. The first-order valence-electron chi connectivity index (χ1n) is 10.6. The lowest BCUT2D eigenvalue weighted by molar-refractivity contribution is 0.0938. The van der Waals surface area contributed by atoms with Crippen LogP contribution in [0.4, 0.5) is 0 Å². The quantitative estimate of drug-likeness (QED) is 0.709. The Morgan fingerprint density at radius 2 is 1.90 bits per heavy atom. The van der Waals surface area contributed by atoms with E-state index >= 15 is 0 Å². The van der Waals surface area contributed by atoms with E-state index in [4.69, 9.17) is 0 Å². The van der Waals surface area contributed by atoms with E-state index in [1.807, 2.05) is 24.3 Å². The van der Waals surface area contributed by atoms with Crippen molar-refractivity contribution in [2.45, 2.75) is 32.2 Å². The van der Waals surface area contributed by atoms with Gasteiger partial charge in [0.2, 0.25) is 0 Å². The largest absolute Gasteiger partial charge is 0.351 e. The predicted molar refractivity (Wildman–Crippen MR) is 120 cm³/mol. The van der Waals surface area contributed by atoms with Gasteiger partial charge in [-0.1, -0.05) is 30.7 Å². The molecule has 0 bridgehead atoms. The van der Waals surface area contributed by atoms with E-state index in [-0.39, 0.29) is 11.5 Å². The second kappa shape index (κ2) is 8.79. The summed E-state index contributed by atoms with van der Waals surface area (Å²) >= 11 is 0. The molecular formula is C24H28N4O2. The average molecular weight is 405 g/mol. The Morgan fingerprint density at radius 3 is 2.67 bits per heavy atom. The van der Waals surface area contributed by atoms with Crippen LogP contribution in [0.1, 0.15) is 36.5 Å². The molecular weight excluding hydrogens is 376 g/mol. The molecule has 4 rings (SSSR count). The Hall–Kier alpha value is -2.99. The van der Waals surface area contributed by atoms with Crippen molar-refractivity contribution in [2.75, 3.05) is 19.6 Å². The van der Waals surface area contributed by atoms with Crippen LogP contribution < -0.4 is 10.9 Å². The van der Waals surface area contributed by atoms with Crippen molar-refractivity contribution < 1.29 is 4.79 Å². The molecule has 0 spiro atoms. The molecule has 3 aromatic rings. The molecule has 2 heterocycles. The smallest absolute Gasteiger partial charge is 0.277 e. The third-order valence-electron chi connectivity index (χ3n) is 6.03. The number of aryl methyl sites for hydroxylation is 1. The number of hydrogen-bond acceptors (Lipinski definition) is 4. The van der Waals surface area contributed by atoms with Gasteiger partial charge in [-0.25, -0.2) is 4.98 Å². The number of likely N-dealkylation sites (tertiary alicyclic amines) is 1. The molecule has 2 aromatic carbocycles. The zero-order chi connectivity index (χ0) is 21.1. The van der Waals surface area contributed by atoms with Gasteiger partial charge < -0.3 is 9.88 Å². The Bertz CT molecular complexity index is 1100. The maximum Gasteiger partial charge on any atom is 0.277 e. The van der Waals surface area contributed by atoms with E-state index < -0.39 is 0 Å². The van der Waals surface area contributed by atoms with Crippen molar-refractivity contribution in [3.63, 3.8) is 0 Å². The maximum atomic E-state index is 12.7. The number of amides is 1. The fraction of sp³-hybridized carbons (Fsp3) is 0.375. The molecule has 1 saturated heterocycles. The van der Waals surface area contributed by atoms with E-state index in [0.717, 1.165) is 24.1 Å². The number of carbonyl (C=O) groups is 1. The zero-order valence-corrected chi connectivity index (χ0v) is 17.6. The summed E-state index contributed by atoms with van der Waals surface area (Å²) < 4.78 is 1.61. The van der Waals surface area contributed by atoms with Crippen LogP contribution in [-0.2, 0) is 7.05 Å². The van der Waals surface area contributed by atoms with Gasteiger partial charge in [-0.05, 0) is 50.6 Å². The normalized spacial score (nSPS) is 17.2. The third kappa shape index (κ3) is 4.14. The lowest BCUT2D eigenvalue weighted by atomic mass is 10.0. The number of carbonyl (C=O) groups excluding carboxylic acids is 1. The van der Waals surface area contributed by atoms with Gasteiger partial charge in [0, 0.05) is 37.3 Å². The summed E-state index contributed by atoms with van der Waals surface area (Å²) in [7, 11) is 1.75. The summed E-state index contributed by atoms with van der Waals surface area (Å²) in [4.78, 5) is 32.2. The van der Waals surface area contributed by atoms with Crippen LogP contribution in [0, 0.1) is 0 Å². The van der Waals surface area contributed by atoms with Crippen molar-refractivity contribution in [3.05, 3.63) is 64.4 Å². The van der Waals surface area contributed by atoms with Crippen molar-refractivity contribution >= 4 is 16.9 Å². The van der Waals surface area contributed by atoms with E-state index in [9.17, 15) is 9.59 Å². The summed E-state index contributed by atoms with van der Waals surface area (Å²) in [6.07, 6.45) is 3.77. The van der Waals surface area contributed by atoms with E-state index in [1.54, 1.807) is 35.9 Å². The summed E-state index contributed by atoms with van der Waals surface area (Å²) in [5, 5.41) is 3.01. The molecule has 6 nitrogen and oxygen atoms in total. The third-order valence-corrected chi connectivity index (χ3v) is 6.03. The highest BCUT2D eigenvalue weighted by Gasteiger charge is 2.18. The number of rotatable bonds is 5. The van der Waals surface area contributed by atoms with Gasteiger partial charge in [0.25, 0.3) is 11.5 Å². The molecule has 1 amide bonds. The standard InChI is InChI=1S/C24H28N4O2/c1-17-7-5-6-15-28(17)16-14-25-23(29)19-12-10-18(11-13-19)22-24(30)27(2)21-9-4-3-8-20(21)26-22/h3-4,8-13,17H,5-7,14-16H2,1-2H3,(H,25,29)/t17-/m1/s1. The molecule has 1 aromatic heterocycles. The zero-order valence-electron chi connectivity index (χ0n) is 17.6. The lowest BCUT2D eigenvalue weighted by Crippen LogP contribution is -2.42. The monoisotopic (exact) mass is 404 g/mol. The van der Waals surface area contributed by atoms with Crippen LogP contribution in [-0.4, -0.2) is 46.0 Å². The molecule has 1 aliphatic rings. The van der Waals surface area contributed by atoms with Gasteiger partial charge in [0.05, 0.1) is 11.0 Å². The Labute approximate surface area is 176 Å². The van der Waals surface area contributed by atoms with E-state index in [0.29, 0.717) is 29.4 Å². The summed E-state index contributed by atoms with van der Waals surface area (Å²) in [5.41, 5.74) is 3.10. The topological polar surface area (TPSA) is 67.2 Å². The number of nitrogens with zero attached hydrogens (tertiary/aromatic N) is 3.